The van der Waals surface area contributed by atoms with Crippen molar-refractivity contribution >= 4 is 23.0 Å². The number of benzene rings is 1. The summed E-state index contributed by atoms with van der Waals surface area (Å²) in [5.41, 5.74) is 7.89. The SMILES string of the molecule is CCOCCOc1nc(N)c2[nH]c(=O)n(Cc3cccc(CC(=O)OC)c3)c2n1. The van der Waals surface area contributed by atoms with Gasteiger partial charge in [0.05, 0.1) is 26.7 Å². The van der Waals surface area contributed by atoms with Crippen molar-refractivity contribution in [2.24, 2.45) is 0 Å². The molecule has 0 unspecified atom stereocenters. The van der Waals surface area contributed by atoms with Crippen LogP contribution in [0.3, 0.4) is 0 Å². The lowest BCUT2D eigenvalue weighted by Crippen LogP contribution is -2.18. The maximum atomic E-state index is 12.5. The van der Waals surface area contributed by atoms with Gasteiger partial charge in [0.15, 0.2) is 11.5 Å². The minimum atomic E-state index is -0.370. The maximum Gasteiger partial charge on any atom is 0.328 e. The van der Waals surface area contributed by atoms with Gasteiger partial charge in [-0.15, -0.1) is 0 Å². The first kappa shape index (κ1) is 20.3. The van der Waals surface area contributed by atoms with Crippen LogP contribution in [-0.4, -0.2) is 52.4 Å². The molecule has 0 aliphatic heterocycles. The van der Waals surface area contributed by atoms with Crippen LogP contribution in [0.15, 0.2) is 29.1 Å². The fourth-order valence-corrected chi connectivity index (χ4v) is 2.84. The van der Waals surface area contributed by atoms with Crippen molar-refractivity contribution in [1.29, 1.82) is 0 Å². The van der Waals surface area contributed by atoms with E-state index in [1.165, 1.54) is 11.7 Å². The average molecular weight is 401 g/mol. The van der Waals surface area contributed by atoms with Gasteiger partial charge in [-0.2, -0.15) is 9.97 Å². The molecule has 29 heavy (non-hydrogen) atoms. The van der Waals surface area contributed by atoms with Crippen LogP contribution in [-0.2, 0) is 27.2 Å². The number of H-pyrrole nitrogens is 1. The Kier molecular flexibility index (Phi) is 6.45. The highest BCUT2D eigenvalue weighted by Gasteiger charge is 2.15. The molecule has 10 nitrogen and oxygen atoms in total. The number of aromatic nitrogens is 4. The fraction of sp³-hybridized carbons (Fsp3) is 0.368. The number of hydrogen-bond acceptors (Lipinski definition) is 8. The normalized spacial score (nSPS) is 11.0. The topological polar surface area (TPSA) is 134 Å². The van der Waals surface area contributed by atoms with Gasteiger partial charge in [0.25, 0.3) is 0 Å². The molecular weight excluding hydrogens is 378 g/mol. The van der Waals surface area contributed by atoms with E-state index < -0.39 is 0 Å². The Hall–Kier alpha value is -3.40. The Balaban J connectivity index is 1.88. The van der Waals surface area contributed by atoms with E-state index in [9.17, 15) is 9.59 Å². The summed E-state index contributed by atoms with van der Waals surface area (Å²) >= 11 is 0. The minimum absolute atomic E-state index is 0.0712. The molecule has 3 aromatic rings. The summed E-state index contributed by atoms with van der Waals surface area (Å²) in [5, 5.41) is 0. The third kappa shape index (κ3) is 4.91. The average Bonchev–Trinajstić information content (AvgIpc) is 3.02. The van der Waals surface area contributed by atoms with Crippen LogP contribution < -0.4 is 16.2 Å². The smallest absolute Gasteiger partial charge is 0.328 e. The number of methoxy groups -OCH3 is 1. The summed E-state index contributed by atoms with van der Waals surface area (Å²) < 4.78 is 16.8. The summed E-state index contributed by atoms with van der Waals surface area (Å²) in [6, 6.07) is 7.41. The highest BCUT2D eigenvalue weighted by Crippen LogP contribution is 2.19. The Morgan fingerprint density at radius 2 is 2.03 bits per heavy atom. The van der Waals surface area contributed by atoms with Crippen molar-refractivity contribution in [2.45, 2.75) is 19.9 Å². The molecule has 2 aromatic heterocycles. The second-order valence-corrected chi connectivity index (χ2v) is 6.22. The van der Waals surface area contributed by atoms with Gasteiger partial charge in [-0.25, -0.2) is 4.79 Å². The van der Waals surface area contributed by atoms with Gasteiger partial charge in [0.1, 0.15) is 12.1 Å². The largest absolute Gasteiger partial charge is 0.469 e. The predicted molar refractivity (Wildman–Crippen MR) is 106 cm³/mol. The van der Waals surface area contributed by atoms with E-state index in [0.29, 0.717) is 24.4 Å². The molecule has 0 saturated heterocycles. The Morgan fingerprint density at radius 3 is 2.79 bits per heavy atom. The van der Waals surface area contributed by atoms with Gasteiger partial charge in [0.2, 0.25) is 0 Å². The van der Waals surface area contributed by atoms with Gasteiger partial charge in [0, 0.05) is 6.61 Å². The summed E-state index contributed by atoms with van der Waals surface area (Å²) in [7, 11) is 1.34. The van der Waals surface area contributed by atoms with E-state index in [4.69, 9.17) is 19.9 Å². The third-order valence-electron chi connectivity index (χ3n) is 4.20. The van der Waals surface area contributed by atoms with Gasteiger partial charge in [-0.05, 0) is 18.1 Å². The molecule has 154 valence electrons. The second kappa shape index (κ2) is 9.20. The number of hydrogen-bond donors (Lipinski definition) is 2. The fourth-order valence-electron chi connectivity index (χ4n) is 2.84. The summed E-state index contributed by atoms with van der Waals surface area (Å²) in [5.74, 6) is -0.211. The molecule has 2 heterocycles. The number of nitrogens with one attached hydrogen (secondary N) is 1. The first-order valence-corrected chi connectivity index (χ1v) is 9.13. The van der Waals surface area contributed by atoms with Crippen LogP contribution in [0.2, 0.25) is 0 Å². The number of esters is 1. The number of nitrogens with zero attached hydrogens (tertiary/aromatic N) is 3. The number of fused-ring (bicyclic) bond motifs is 1. The molecular formula is C19H23N5O5. The molecule has 0 atom stereocenters. The van der Waals surface area contributed by atoms with Gasteiger partial charge < -0.3 is 24.9 Å². The Morgan fingerprint density at radius 1 is 1.24 bits per heavy atom. The van der Waals surface area contributed by atoms with Crippen molar-refractivity contribution in [3.8, 4) is 6.01 Å². The molecule has 1 aromatic carbocycles. The van der Waals surface area contributed by atoms with Crippen LogP contribution in [0.4, 0.5) is 5.82 Å². The van der Waals surface area contributed by atoms with E-state index >= 15 is 0 Å². The number of ether oxygens (including phenoxy) is 3. The Labute approximate surface area is 166 Å². The summed E-state index contributed by atoms with van der Waals surface area (Å²) in [6.07, 6.45) is 0.153. The lowest BCUT2D eigenvalue weighted by Gasteiger charge is -2.08. The van der Waals surface area contributed by atoms with E-state index in [2.05, 4.69) is 15.0 Å². The Bertz CT molecular complexity index is 1060. The van der Waals surface area contributed by atoms with E-state index in [0.717, 1.165) is 11.1 Å². The monoisotopic (exact) mass is 401 g/mol. The van der Waals surface area contributed by atoms with Gasteiger partial charge in [-0.3, -0.25) is 9.36 Å². The minimum Gasteiger partial charge on any atom is -0.469 e. The van der Waals surface area contributed by atoms with Gasteiger partial charge in [-0.1, -0.05) is 24.3 Å². The number of carbonyl (C=O) groups excluding carboxylic acids is 1. The zero-order chi connectivity index (χ0) is 20.8. The number of aromatic amines is 1. The molecule has 0 amide bonds. The van der Waals surface area contributed by atoms with Crippen molar-refractivity contribution in [3.05, 3.63) is 45.9 Å². The van der Waals surface area contributed by atoms with Crippen molar-refractivity contribution < 1.29 is 19.0 Å². The first-order chi connectivity index (χ1) is 14.0. The van der Waals surface area contributed by atoms with E-state index in [-0.39, 0.29) is 43.1 Å². The highest BCUT2D eigenvalue weighted by molar-refractivity contribution is 5.82. The molecule has 0 bridgehead atoms. The maximum absolute atomic E-state index is 12.5. The van der Waals surface area contributed by atoms with Crippen molar-refractivity contribution in [2.75, 3.05) is 32.7 Å². The highest BCUT2D eigenvalue weighted by atomic mass is 16.5. The number of carbonyl (C=O) groups is 1. The van der Waals surface area contributed by atoms with Crippen molar-refractivity contribution in [1.82, 2.24) is 19.5 Å². The molecule has 0 radical (unpaired) electrons. The molecule has 3 N–H and O–H groups in total. The molecule has 0 aliphatic carbocycles. The summed E-state index contributed by atoms with van der Waals surface area (Å²) in [4.78, 5) is 35.0. The standard InChI is InChI=1S/C19H23N5O5/c1-3-28-7-8-29-18-22-16(20)15-17(23-18)24(19(26)21-15)11-13-6-4-5-12(9-13)10-14(25)27-2/h4-6,9H,3,7-8,10-11H2,1-2H3,(H,21,26)(H2,20,22,23). The molecule has 0 spiro atoms. The van der Waals surface area contributed by atoms with Crippen LogP contribution in [0, 0.1) is 0 Å². The molecule has 10 heteroatoms. The number of anilines is 1. The zero-order valence-electron chi connectivity index (χ0n) is 16.3. The van der Waals surface area contributed by atoms with Gasteiger partial charge >= 0.3 is 17.7 Å². The van der Waals surface area contributed by atoms with E-state index in [1.807, 2.05) is 31.2 Å². The zero-order valence-corrected chi connectivity index (χ0v) is 16.3. The lowest BCUT2D eigenvalue weighted by atomic mass is 10.1. The molecule has 0 saturated carbocycles. The first-order valence-electron chi connectivity index (χ1n) is 9.13. The van der Waals surface area contributed by atoms with Crippen LogP contribution >= 0.6 is 0 Å². The molecule has 3 rings (SSSR count). The number of imidazole rings is 1. The lowest BCUT2D eigenvalue weighted by molar-refractivity contribution is -0.139. The number of nitrogen functional groups attached to an aromatic ring is 1. The molecule has 0 aliphatic rings. The van der Waals surface area contributed by atoms with Crippen LogP contribution in [0.1, 0.15) is 18.1 Å². The van der Waals surface area contributed by atoms with Crippen LogP contribution in [0.25, 0.3) is 11.2 Å². The van der Waals surface area contributed by atoms with Crippen molar-refractivity contribution in [3.63, 3.8) is 0 Å². The number of nitrogens with two attached hydrogens (primary N) is 1. The number of rotatable bonds is 9. The summed E-state index contributed by atoms with van der Waals surface area (Å²) in [6.45, 7) is 3.37. The molecule has 0 fully saturated rings. The predicted octanol–water partition coefficient (Wildman–Crippen LogP) is 0.881. The quantitative estimate of drug-likeness (QED) is 0.399. The second-order valence-electron chi connectivity index (χ2n) is 6.22. The van der Waals surface area contributed by atoms with E-state index in [1.54, 1.807) is 0 Å². The third-order valence-corrected chi connectivity index (χ3v) is 4.20. The van der Waals surface area contributed by atoms with Crippen LogP contribution in [0.5, 0.6) is 6.01 Å².